The van der Waals surface area contributed by atoms with Crippen molar-refractivity contribution in [3.63, 3.8) is 0 Å². The highest BCUT2D eigenvalue weighted by molar-refractivity contribution is 7.15. The minimum absolute atomic E-state index is 0.124. The number of nitrogens with zero attached hydrogens (tertiary/aromatic N) is 2. The highest BCUT2D eigenvalue weighted by Gasteiger charge is 2.23. The van der Waals surface area contributed by atoms with Gasteiger partial charge in [0.15, 0.2) is 22.9 Å². The van der Waals surface area contributed by atoms with E-state index in [1.54, 1.807) is 43.3 Å². The Kier molecular flexibility index (Phi) is 12.9. The molecular weight excluding hydrogens is 687 g/mol. The fourth-order valence-corrected chi connectivity index (χ4v) is 5.02. The summed E-state index contributed by atoms with van der Waals surface area (Å²) in [4.78, 5) is 43.3. The quantitative estimate of drug-likeness (QED) is 0.0887. The normalized spacial score (nSPS) is 10.7. The summed E-state index contributed by atoms with van der Waals surface area (Å²) in [5.41, 5.74) is 0.506. The lowest BCUT2D eigenvalue weighted by Crippen LogP contribution is -2.09. The third kappa shape index (κ3) is 8.90. The van der Waals surface area contributed by atoms with Gasteiger partial charge in [0.1, 0.15) is 29.6 Å². The van der Waals surface area contributed by atoms with E-state index in [1.165, 1.54) is 21.1 Å². The molecule has 6 aromatic rings. The van der Waals surface area contributed by atoms with Crippen LogP contribution in [0, 0.1) is 6.92 Å². The van der Waals surface area contributed by atoms with Gasteiger partial charge >= 0.3 is 17.9 Å². The highest BCUT2D eigenvalue weighted by Crippen LogP contribution is 2.40. The van der Waals surface area contributed by atoms with Crippen molar-refractivity contribution < 1.29 is 48.3 Å². The highest BCUT2D eigenvalue weighted by atomic mass is 31.0. The van der Waals surface area contributed by atoms with Gasteiger partial charge in [0.05, 0.1) is 32.0 Å². The van der Waals surface area contributed by atoms with E-state index < -0.39 is 17.9 Å². The number of para-hydroxylation sites is 2. The lowest BCUT2D eigenvalue weighted by atomic mass is 10.1. The van der Waals surface area contributed by atoms with E-state index in [4.69, 9.17) is 20.2 Å². The molecule has 0 amide bonds. The van der Waals surface area contributed by atoms with Crippen LogP contribution in [0.1, 0.15) is 39.3 Å². The summed E-state index contributed by atoms with van der Waals surface area (Å²) < 4.78 is 32.4. The van der Waals surface area contributed by atoms with Gasteiger partial charge in [0.2, 0.25) is 0 Å². The molecule has 0 fully saturated rings. The molecule has 0 saturated carbocycles. The van der Waals surface area contributed by atoms with Crippen molar-refractivity contribution in [3.8, 4) is 34.5 Å². The maximum atomic E-state index is 12.0. The SMILES string of the molecule is COC(=O)c1nc(C)c2cccc(Oc3ccccc3)c2c1O.COC(=O)c1nc(COC(C)=O)c2cccc(Oc3ccccc3)c2c1O.[2H]PC. The van der Waals surface area contributed by atoms with Crippen molar-refractivity contribution in [2.45, 2.75) is 20.5 Å². The molecule has 0 spiro atoms. The van der Waals surface area contributed by atoms with Crippen LogP contribution in [0.5, 0.6) is 34.5 Å². The number of esters is 3. The molecule has 268 valence electrons. The monoisotopic (exact) mass is 725 g/mol. The van der Waals surface area contributed by atoms with Crippen LogP contribution in [-0.4, -0.2) is 60.3 Å². The maximum Gasteiger partial charge on any atom is 0.360 e. The first-order chi connectivity index (χ1) is 25.5. The zero-order valence-corrected chi connectivity index (χ0v) is 30.0. The van der Waals surface area contributed by atoms with Gasteiger partial charge in [-0.1, -0.05) is 67.3 Å². The number of aromatic nitrogens is 2. The Morgan fingerprint density at radius 3 is 1.60 bits per heavy atom. The van der Waals surface area contributed by atoms with Crippen LogP contribution in [0.15, 0.2) is 97.1 Å². The Bertz CT molecular complexity index is 2220. The number of rotatable bonds is 8. The Morgan fingerprint density at radius 1 is 0.692 bits per heavy atom. The van der Waals surface area contributed by atoms with Gasteiger partial charge in [-0.3, -0.25) is 4.79 Å². The fourth-order valence-electron chi connectivity index (χ4n) is 5.02. The number of pyridine rings is 2. The predicted octanol–water partition coefficient (Wildman–Crippen LogP) is 7.90. The molecule has 4 aromatic carbocycles. The summed E-state index contributed by atoms with van der Waals surface area (Å²) in [5, 5.41) is 23.1. The zero-order valence-electron chi connectivity index (χ0n) is 30.0. The molecule has 0 saturated heterocycles. The summed E-state index contributed by atoms with van der Waals surface area (Å²) in [5.74, 6) is -0.645. The first-order valence-corrected chi connectivity index (χ1v) is 16.7. The largest absolute Gasteiger partial charge is 0.505 e. The molecule has 2 N–H and O–H groups in total. The number of hydrogen-bond acceptors (Lipinski definition) is 12. The van der Waals surface area contributed by atoms with Crippen molar-refractivity contribution in [1.29, 1.82) is 1.28 Å². The second kappa shape index (κ2) is 18.1. The summed E-state index contributed by atoms with van der Waals surface area (Å²) >= 11 is 0. The predicted molar refractivity (Wildman–Crippen MR) is 198 cm³/mol. The lowest BCUT2D eigenvalue weighted by molar-refractivity contribution is -0.142. The van der Waals surface area contributed by atoms with Crippen LogP contribution >= 0.6 is 9.18 Å². The second-order valence-corrected chi connectivity index (χ2v) is 10.6. The summed E-state index contributed by atoms with van der Waals surface area (Å²) in [7, 11) is 2.77. The molecule has 1 atom stereocenters. The topological polar surface area (TPSA) is 164 Å². The molecule has 0 radical (unpaired) electrons. The fraction of sp³-hybridized carbons (Fsp3) is 0.154. The molecule has 2 aromatic heterocycles. The Balaban J connectivity index is 0.000000223. The van der Waals surface area contributed by atoms with E-state index in [9.17, 15) is 24.6 Å². The van der Waals surface area contributed by atoms with E-state index in [0.29, 0.717) is 59.7 Å². The van der Waals surface area contributed by atoms with Gasteiger partial charge in [-0.2, -0.15) is 0 Å². The number of hydrogen-bond donors (Lipinski definition) is 2. The molecule has 0 aliphatic heterocycles. The van der Waals surface area contributed by atoms with E-state index in [2.05, 4.69) is 14.7 Å². The van der Waals surface area contributed by atoms with Gasteiger partial charge in [0.25, 0.3) is 0 Å². The van der Waals surface area contributed by atoms with Crippen LogP contribution in [0.4, 0.5) is 0 Å². The molecule has 0 aliphatic rings. The number of methoxy groups -OCH3 is 2. The van der Waals surface area contributed by atoms with E-state index >= 15 is 0 Å². The van der Waals surface area contributed by atoms with Crippen molar-refractivity contribution in [1.82, 2.24) is 9.97 Å². The first kappa shape index (κ1) is 37.0. The Morgan fingerprint density at radius 2 is 1.13 bits per heavy atom. The average Bonchev–Trinajstić information content (AvgIpc) is 3.16. The van der Waals surface area contributed by atoms with Crippen molar-refractivity contribution in [2.75, 3.05) is 20.9 Å². The number of ether oxygens (including phenoxy) is 5. The third-order valence-electron chi connectivity index (χ3n) is 7.31. The Hall–Kier alpha value is -6.26. The van der Waals surface area contributed by atoms with Crippen molar-refractivity contribution in [3.05, 3.63) is 120 Å². The van der Waals surface area contributed by atoms with Gasteiger partial charge in [-0.15, -0.1) is 9.18 Å². The third-order valence-corrected chi connectivity index (χ3v) is 7.31. The molecule has 6 rings (SSSR count). The standard InChI is InChI=1S/C20H17NO6.C18H15NO4.CH5P/c1-12(22)26-11-15-14-9-6-10-16(27-13-7-4-3-5-8-13)17(14)19(23)18(21-15)20(24)25-2;1-11-13-9-6-10-14(23-12-7-4-3-5-8-12)15(13)17(20)16(19-11)18(21)22-2;1-2/h3-10,23H,11H2,1-2H3;3-10,20H,1-2H3;2H2,1H3/i;;2D. The molecule has 12 nitrogen and oxygen atoms in total. The minimum atomic E-state index is -0.812. The number of benzene rings is 4. The summed E-state index contributed by atoms with van der Waals surface area (Å²) in [6.07, 6.45) is 0. The average molecular weight is 726 g/mol. The van der Waals surface area contributed by atoms with Crippen LogP contribution in [0.3, 0.4) is 0 Å². The number of carbonyl (C=O) groups excluding carboxylic acids is 3. The molecule has 52 heavy (non-hydrogen) atoms. The number of aryl methyl sites for hydroxylation is 1. The molecule has 0 bridgehead atoms. The molecule has 0 aliphatic carbocycles. The Labute approximate surface area is 303 Å². The van der Waals surface area contributed by atoms with E-state index in [0.717, 1.165) is 0 Å². The zero-order chi connectivity index (χ0) is 38.5. The van der Waals surface area contributed by atoms with Crippen LogP contribution in [0.2, 0.25) is 0 Å². The van der Waals surface area contributed by atoms with Crippen molar-refractivity contribution in [2.24, 2.45) is 0 Å². The smallest absolute Gasteiger partial charge is 0.360 e. The van der Waals surface area contributed by atoms with Crippen LogP contribution < -0.4 is 9.47 Å². The second-order valence-electron chi connectivity index (χ2n) is 10.6. The van der Waals surface area contributed by atoms with Crippen LogP contribution in [-0.2, 0) is 25.6 Å². The lowest BCUT2D eigenvalue weighted by Gasteiger charge is -2.14. The summed E-state index contributed by atoms with van der Waals surface area (Å²) in [6, 6.07) is 28.6. The molecule has 2 heterocycles. The molecule has 13 heteroatoms. The van der Waals surface area contributed by atoms with E-state index in [1.807, 2.05) is 67.3 Å². The van der Waals surface area contributed by atoms with Gasteiger partial charge < -0.3 is 33.9 Å². The van der Waals surface area contributed by atoms with Crippen LogP contribution in [0.25, 0.3) is 21.5 Å². The minimum Gasteiger partial charge on any atom is -0.505 e. The number of fused-ring (bicyclic) bond motifs is 2. The number of aromatic hydroxyl groups is 2. The maximum absolute atomic E-state index is 12.0. The van der Waals surface area contributed by atoms with Gasteiger partial charge in [-0.25, -0.2) is 19.6 Å². The summed E-state index contributed by atoms with van der Waals surface area (Å²) in [6.45, 7) is 4.69. The van der Waals surface area contributed by atoms with Crippen molar-refractivity contribution >= 4 is 48.6 Å². The van der Waals surface area contributed by atoms with E-state index in [-0.39, 0.29) is 34.9 Å². The first-order valence-electron chi connectivity index (χ1n) is 16.2. The molecular formula is C39H37N2O10P. The van der Waals surface area contributed by atoms with Gasteiger partial charge in [-0.05, 0) is 43.3 Å². The van der Waals surface area contributed by atoms with Gasteiger partial charge in [0, 0.05) is 23.4 Å². The number of carbonyl (C=O) groups is 3. The molecule has 1 unspecified atom stereocenters.